The molecule has 1 aromatic rings. The van der Waals surface area contributed by atoms with Gasteiger partial charge in [0, 0.05) is 43.8 Å². The van der Waals surface area contributed by atoms with Crippen LogP contribution < -0.4 is 10.6 Å². The summed E-state index contributed by atoms with van der Waals surface area (Å²) >= 11 is 5.88. The van der Waals surface area contributed by atoms with Gasteiger partial charge in [0.1, 0.15) is 5.82 Å². The van der Waals surface area contributed by atoms with Crippen molar-refractivity contribution in [1.82, 2.24) is 10.6 Å². The molecule has 0 unspecified atom stereocenters. The Balaban J connectivity index is 2.22. The fourth-order valence-electron chi connectivity index (χ4n) is 1.50. The van der Waals surface area contributed by atoms with Gasteiger partial charge in [-0.2, -0.15) is 0 Å². The number of benzene rings is 1. The molecule has 0 aliphatic heterocycles. The maximum atomic E-state index is 13.4. The summed E-state index contributed by atoms with van der Waals surface area (Å²) in [5.41, 5.74) is 0.420. The first-order chi connectivity index (χ1) is 9.15. The van der Waals surface area contributed by atoms with Crippen LogP contribution in [0.2, 0.25) is 5.02 Å². The van der Waals surface area contributed by atoms with Gasteiger partial charge in [-0.1, -0.05) is 17.7 Å². The number of ether oxygens (including phenoxy) is 1. The zero-order chi connectivity index (χ0) is 14.1. The van der Waals surface area contributed by atoms with E-state index in [9.17, 15) is 9.18 Å². The molecule has 0 radical (unpaired) electrons. The molecule has 1 amide bonds. The number of rotatable bonds is 8. The largest absolute Gasteiger partial charge is 0.383 e. The lowest BCUT2D eigenvalue weighted by Crippen LogP contribution is -2.30. The standard InChI is InChI=1S/C13H18ClFN2O2/c1-19-8-7-17-13(18)5-6-16-9-10-11(14)3-2-4-12(10)15/h2-4,16H,5-9H2,1H3,(H,17,18). The van der Waals surface area contributed by atoms with Crippen molar-refractivity contribution in [1.29, 1.82) is 0 Å². The first-order valence-corrected chi connectivity index (χ1v) is 6.42. The smallest absolute Gasteiger partial charge is 0.221 e. The summed E-state index contributed by atoms with van der Waals surface area (Å²) in [5.74, 6) is -0.409. The maximum absolute atomic E-state index is 13.4. The highest BCUT2D eigenvalue weighted by Gasteiger charge is 2.06. The molecule has 0 saturated carbocycles. The number of carbonyl (C=O) groups is 1. The summed E-state index contributed by atoms with van der Waals surface area (Å²) in [6, 6.07) is 4.56. The van der Waals surface area contributed by atoms with Gasteiger partial charge in [0.2, 0.25) is 5.91 Å². The fraction of sp³-hybridized carbons (Fsp3) is 0.462. The van der Waals surface area contributed by atoms with Crippen LogP contribution in [0, 0.1) is 5.82 Å². The van der Waals surface area contributed by atoms with E-state index in [2.05, 4.69) is 10.6 Å². The maximum Gasteiger partial charge on any atom is 0.221 e. The zero-order valence-corrected chi connectivity index (χ0v) is 11.6. The highest BCUT2D eigenvalue weighted by molar-refractivity contribution is 6.31. The van der Waals surface area contributed by atoms with Crippen molar-refractivity contribution in [2.45, 2.75) is 13.0 Å². The van der Waals surface area contributed by atoms with Crippen molar-refractivity contribution in [3.8, 4) is 0 Å². The molecule has 106 valence electrons. The molecule has 6 heteroatoms. The van der Waals surface area contributed by atoms with Gasteiger partial charge >= 0.3 is 0 Å². The second-order valence-electron chi connectivity index (χ2n) is 3.97. The summed E-state index contributed by atoms with van der Waals surface area (Å²) in [6.07, 6.45) is 0.329. The van der Waals surface area contributed by atoms with Crippen LogP contribution in [0.5, 0.6) is 0 Å². The Labute approximate surface area is 117 Å². The molecular formula is C13H18ClFN2O2. The Hall–Kier alpha value is -1.17. The Bertz CT molecular complexity index is 395. The number of halogens is 2. The van der Waals surface area contributed by atoms with Gasteiger partial charge in [0.25, 0.3) is 0 Å². The molecule has 1 rings (SSSR count). The van der Waals surface area contributed by atoms with Crippen LogP contribution in [0.4, 0.5) is 4.39 Å². The average Bonchev–Trinajstić information content (AvgIpc) is 2.37. The third-order valence-corrected chi connectivity index (χ3v) is 2.87. The molecule has 0 heterocycles. The van der Waals surface area contributed by atoms with Crippen LogP contribution in [0.1, 0.15) is 12.0 Å². The summed E-state index contributed by atoms with van der Waals surface area (Å²) < 4.78 is 18.2. The highest BCUT2D eigenvalue weighted by atomic mass is 35.5. The molecule has 4 nitrogen and oxygen atoms in total. The second-order valence-corrected chi connectivity index (χ2v) is 4.38. The third kappa shape index (κ3) is 6.00. The predicted octanol–water partition coefficient (Wildman–Crippen LogP) is 1.72. The lowest BCUT2D eigenvalue weighted by atomic mass is 10.2. The molecule has 19 heavy (non-hydrogen) atoms. The topological polar surface area (TPSA) is 50.4 Å². The minimum Gasteiger partial charge on any atom is -0.383 e. The molecule has 2 N–H and O–H groups in total. The zero-order valence-electron chi connectivity index (χ0n) is 10.8. The third-order valence-electron chi connectivity index (χ3n) is 2.52. The van der Waals surface area contributed by atoms with Crippen LogP contribution in [0.3, 0.4) is 0 Å². The van der Waals surface area contributed by atoms with Crippen LogP contribution in [0.25, 0.3) is 0 Å². The monoisotopic (exact) mass is 288 g/mol. The van der Waals surface area contributed by atoms with Crippen molar-refractivity contribution in [2.75, 3.05) is 26.8 Å². The number of methoxy groups -OCH3 is 1. The molecular weight excluding hydrogens is 271 g/mol. The van der Waals surface area contributed by atoms with Gasteiger partial charge in [-0.05, 0) is 12.1 Å². The molecule has 0 bridgehead atoms. The Kier molecular flexibility index (Phi) is 7.40. The summed E-state index contributed by atoms with van der Waals surface area (Å²) in [6.45, 7) is 1.75. The minimum atomic E-state index is -0.343. The lowest BCUT2D eigenvalue weighted by Gasteiger charge is -2.08. The first kappa shape index (κ1) is 15.9. The van der Waals surface area contributed by atoms with Gasteiger partial charge in [0.05, 0.1) is 6.61 Å². The van der Waals surface area contributed by atoms with Gasteiger partial charge in [-0.15, -0.1) is 0 Å². The van der Waals surface area contributed by atoms with Crippen molar-refractivity contribution in [3.63, 3.8) is 0 Å². The number of carbonyl (C=O) groups excluding carboxylic acids is 1. The normalized spacial score (nSPS) is 10.5. The SMILES string of the molecule is COCCNC(=O)CCNCc1c(F)cccc1Cl. The Morgan fingerprint density at radius 2 is 2.21 bits per heavy atom. The van der Waals surface area contributed by atoms with Crippen molar-refractivity contribution < 1.29 is 13.9 Å². The van der Waals surface area contributed by atoms with E-state index in [0.717, 1.165) is 0 Å². The van der Waals surface area contributed by atoms with Crippen molar-refractivity contribution >= 4 is 17.5 Å². The van der Waals surface area contributed by atoms with Crippen LogP contribution in [-0.4, -0.2) is 32.7 Å². The van der Waals surface area contributed by atoms with E-state index in [1.165, 1.54) is 6.07 Å². The molecule has 0 atom stereocenters. The lowest BCUT2D eigenvalue weighted by molar-refractivity contribution is -0.121. The second kappa shape index (κ2) is 8.85. The molecule has 0 fully saturated rings. The van der Waals surface area contributed by atoms with E-state index in [4.69, 9.17) is 16.3 Å². The van der Waals surface area contributed by atoms with E-state index >= 15 is 0 Å². The van der Waals surface area contributed by atoms with Gasteiger partial charge in [0.15, 0.2) is 0 Å². The Morgan fingerprint density at radius 1 is 1.42 bits per heavy atom. The predicted molar refractivity (Wildman–Crippen MR) is 72.6 cm³/mol. The fourth-order valence-corrected chi connectivity index (χ4v) is 1.73. The highest BCUT2D eigenvalue weighted by Crippen LogP contribution is 2.18. The van der Waals surface area contributed by atoms with Gasteiger partial charge < -0.3 is 15.4 Å². The molecule has 0 aliphatic carbocycles. The van der Waals surface area contributed by atoms with Crippen LogP contribution >= 0.6 is 11.6 Å². The molecule has 0 saturated heterocycles. The molecule has 0 aliphatic rings. The van der Waals surface area contributed by atoms with E-state index in [1.807, 2.05) is 0 Å². The van der Waals surface area contributed by atoms with Crippen molar-refractivity contribution in [3.05, 3.63) is 34.6 Å². The molecule has 1 aromatic carbocycles. The van der Waals surface area contributed by atoms with Crippen LogP contribution in [-0.2, 0) is 16.1 Å². The van der Waals surface area contributed by atoms with Crippen LogP contribution in [0.15, 0.2) is 18.2 Å². The quantitative estimate of drug-likeness (QED) is 0.716. The van der Waals surface area contributed by atoms with E-state index < -0.39 is 0 Å². The number of amides is 1. The van der Waals surface area contributed by atoms with E-state index in [0.29, 0.717) is 43.2 Å². The molecule has 0 aromatic heterocycles. The van der Waals surface area contributed by atoms with Gasteiger partial charge in [-0.25, -0.2) is 4.39 Å². The van der Waals surface area contributed by atoms with E-state index in [1.54, 1.807) is 19.2 Å². The summed E-state index contributed by atoms with van der Waals surface area (Å²) in [7, 11) is 1.58. The molecule has 0 spiro atoms. The number of nitrogens with one attached hydrogen (secondary N) is 2. The minimum absolute atomic E-state index is 0.0656. The Morgan fingerprint density at radius 3 is 2.89 bits per heavy atom. The van der Waals surface area contributed by atoms with E-state index in [-0.39, 0.29) is 11.7 Å². The number of hydrogen-bond donors (Lipinski definition) is 2. The van der Waals surface area contributed by atoms with Crippen molar-refractivity contribution in [2.24, 2.45) is 0 Å². The first-order valence-electron chi connectivity index (χ1n) is 6.04. The number of hydrogen-bond acceptors (Lipinski definition) is 3. The van der Waals surface area contributed by atoms with Gasteiger partial charge in [-0.3, -0.25) is 4.79 Å². The summed E-state index contributed by atoms with van der Waals surface area (Å²) in [4.78, 5) is 11.4. The average molecular weight is 289 g/mol. The summed E-state index contributed by atoms with van der Waals surface area (Å²) in [5, 5.41) is 6.08.